The fraction of sp³-hybridized carbons (Fsp3) is 0.0870. The van der Waals surface area contributed by atoms with E-state index in [1.807, 2.05) is 6.07 Å². The lowest BCUT2D eigenvalue weighted by atomic mass is 10.2. The van der Waals surface area contributed by atoms with Crippen molar-refractivity contribution in [2.24, 2.45) is 0 Å². The van der Waals surface area contributed by atoms with Crippen molar-refractivity contribution in [2.75, 3.05) is 4.72 Å². The Balaban J connectivity index is 1.43. The van der Waals surface area contributed by atoms with Crippen molar-refractivity contribution >= 4 is 21.6 Å². The zero-order valence-corrected chi connectivity index (χ0v) is 17.9. The van der Waals surface area contributed by atoms with E-state index >= 15 is 0 Å². The van der Waals surface area contributed by atoms with Gasteiger partial charge in [0.05, 0.1) is 4.90 Å². The maximum Gasteiger partial charge on any atom is 0.261 e. The Morgan fingerprint density at radius 1 is 0.906 bits per heavy atom. The summed E-state index contributed by atoms with van der Waals surface area (Å²) in [7, 11) is -3.67. The summed E-state index contributed by atoms with van der Waals surface area (Å²) in [5.41, 5.74) is 1.58. The van der Waals surface area contributed by atoms with Gasteiger partial charge in [-0.2, -0.15) is 4.98 Å². The van der Waals surface area contributed by atoms with Crippen LogP contribution in [0.1, 0.15) is 29.2 Å². The molecular weight excluding hydrogens is 428 g/mol. The fourth-order valence-corrected chi connectivity index (χ4v) is 4.04. The molecule has 0 saturated carbocycles. The van der Waals surface area contributed by atoms with Crippen LogP contribution in [-0.4, -0.2) is 24.5 Å². The molecule has 0 radical (unpaired) electrons. The molecular formula is C23H20N4O4S. The van der Waals surface area contributed by atoms with E-state index in [4.69, 9.17) is 4.52 Å². The summed E-state index contributed by atoms with van der Waals surface area (Å²) in [6.45, 7) is 1.75. The van der Waals surface area contributed by atoms with E-state index in [9.17, 15) is 13.2 Å². The van der Waals surface area contributed by atoms with E-state index in [1.54, 1.807) is 73.7 Å². The van der Waals surface area contributed by atoms with Gasteiger partial charge in [0.15, 0.2) is 0 Å². The van der Waals surface area contributed by atoms with Crippen LogP contribution in [0.4, 0.5) is 5.69 Å². The first-order valence-corrected chi connectivity index (χ1v) is 11.3. The van der Waals surface area contributed by atoms with Crippen LogP contribution in [0.15, 0.2) is 94.3 Å². The van der Waals surface area contributed by atoms with Crippen molar-refractivity contribution in [3.05, 3.63) is 96.4 Å². The minimum atomic E-state index is -3.67. The summed E-state index contributed by atoms with van der Waals surface area (Å²) in [4.78, 5) is 16.8. The molecule has 8 nitrogen and oxygen atoms in total. The van der Waals surface area contributed by atoms with Crippen molar-refractivity contribution in [2.45, 2.75) is 17.9 Å². The molecule has 1 atom stereocenters. The van der Waals surface area contributed by atoms with Gasteiger partial charge in [0, 0.05) is 16.8 Å². The summed E-state index contributed by atoms with van der Waals surface area (Å²) in [6, 6.07) is 23.1. The van der Waals surface area contributed by atoms with Gasteiger partial charge in [-0.15, -0.1) is 0 Å². The molecule has 3 aromatic carbocycles. The zero-order chi connectivity index (χ0) is 22.6. The number of nitrogens with zero attached hydrogens (tertiary/aromatic N) is 2. The van der Waals surface area contributed by atoms with Gasteiger partial charge < -0.3 is 9.84 Å². The Labute approximate surface area is 185 Å². The number of carbonyl (C=O) groups is 1. The number of benzene rings is 3. The van der Waals surface area contributed by atoms with Crippen LogP contribution in [-0.2, 0) is 10.0 Å². The van der Waals surface area contributed by atoms with E-state index in [-0.39, 0.29) is 16.7 Å². The molecule has 4 aromatic rings. The Kier molecular flexibility index (Phi) is 6.00. The van der Waals surface area contributed by atoms with Crippen molar-refractivity contribution in [1.82, 2.24) is 15.5 Å². The van der Waals surface area contributed by atoms with Crippen molar-refractivity contribution in [3.63, 3.8) is 0 Å². The van der Waals surface area contributed by atoms with Gasteiger partial charge in [0.1, 0.15) is 6.04 Å². The second kappa shape index (κ2) is 9.03. The molecule has 0 bridgehead atoms. The predicted molar refractivity (Wildman–Crippen MR) is 119 cm³/mol. The van der Waals surface area contributed by atoms with Crippen LogP contribution in [0.3, 0.4) is 0 Å². The van der Waals surface area contributed by atoms with Crippen molar-refractivity contribution < 1.29 is 17.7 Å². The van der Waals surface area contributed by atoms with Gasteiger partial charge in [-0.1, -0.05) is 41.6 Å². The number of amides is 1. The molecule has 0 fully saturated rings. The first kappa shape index (κ1) is 21.3. The van der Waals surface area contributed by atoms with Crippen LogP contribution in [0.5, 0.6) is 0 Å². The average Bonchev–Trinajstić information content (AvgIpc) is 3.31. The standard InChI is InChI=1S/C23H20N4O4S/c1-16(24-22(28)18-8-4-2-5-9-18)23-25-21(26-31-23)17-12-14-19(15-13-17)27-32(29,30)20-10-6-3-7-11-20/h2-16,27H,1H3,(H,24,28)/t16-/m0/s1. The van der Waals surface area contributed by atoms with E-state index in [0.29, 0.717) is 22.6 Å². The lowest BCUT2D eigenvalue weighted by molar-refractivity contribution is 0.0932. The second-order valence-corrected chi connectivity index (χ2v) is 8.70. The lowest BCUT2D eigenvalue weighted by Crippen LogP contribution is -2.26. The minimum absolute atomic E-state index is 0.179. The first-order valence-electron chi connectivity index (χ1n) is 9.80. The zero-order valence-electron chi connectivity index (χ0n) is 17.1. The molecule has 32 heavy (non-hydrogen) atoms. The van der Waals surface area contributed by atoms with E-state index in [2.05, 4.69) is 20.2 Å². The maximum absolute atomic E-state index is 12.4. The number of anilines is 1. The van der Waals surface area contributed by atoms with E-state index < -0.39 is 16.1 Å². The van der Waals surface area contributed by atoms with Gasteiger partial charge in [-0.05, 0) is 55.5 Å². The monoisotopic (exact) mass is 448 g/mol. The number of carbonyl (C=O) groups excluding carboxylic acids is 1. The Morgan fingerprint density at radius 2 is 1.53 bits per heavy atom. The minimum Gasteiger partial charge on any atom is -0.341 e. The third kappa shape index (κ3) is 4.84. The van der Waals surface area contributed by atoms with Gasteiger partial charge in [-0.25, -0.2) is 8.42 Å². The third-order valence-corrected chi connectivity index (χ3v) is 6.04. The summed E-state index contributed by atoms with van der Waals surface area (Å²) in [5.74, 6) is 0.351. The van der Waals surface area contributed by atoms with Crippen LogP contribution in [0.25, 0.3) is 11.4 Å². The molecule has 0 aliphatic carbocycles. The highest BCUT2D eigenvalue weighted by atomic mass is 32.2. The highest BCUT2D eigenvalue weighted by molar-refractivity contribution is 7.92. The maximum atomic E-state index is 12.4. The number of hydrogen-bond acceptors (Lipinski definition) is 6. The van der Waals surface area contributed by atoms with Gasteiger partial charge >= 0.3 is 0 Å². The molecule has 0 aliphatic heterocycles. The van der Waals surface area contributed by atoms with E-state index in [1.165, 1.54) is 12.1 Å². The molecule has 2 N–H and O–H groups in total. The number of aromatic nitrogens is 2. The molecule has 0 unspecified atom stereocenters. The van der Waals surface area contributed by atoms with Gasteiger partial charge in [0.25, 0.3) is 15.9 Å². The van der Waals surface area contributed by atoms with Crippen molar-refractivity contribution in [1.29, 1.82) is 0 Å². The molecule has 1 amide bonds. The summed E-state index contributed by atoms with van der Waals surface area (Å²) in [5, 5.41) is 6.78. The molecule has 9 heteroatoms. The summed E-state index contributed by atoms with van der Waals surface area (Å²) < 4.78 is 32.7. The molecule has 162 valence electrons. The van der Waals surface area contributed by atoms with Crippen LogP contribution < -0.4 is 10.0 Å². The number of rotatable bonds is 7. The second-order valence-electron chi connectivity index (χ2n) is 7.01. The Bertz CT molecular complexity index is 1310. The molecule has 4 rings (SSSR count). The third-order valence-electron chi connectivity index (χ3n) is 4.64. The Morgan fingerprint density at radius 3 is 2.19 bits per heavy atom. The van der Waals surface area contributed by atoms with Crippen LogP contribution in [0, 0.1) is 0 Å². The summed E-state index contributed by atoms with van der Waals surface area (Å²) >= 11 is 0. The molecule has 0 spiro atoms. The number of nitrogens with one attached hydrogen (secondary N) is 2. The van der Waals surface area contributed by atoms with E-state index in [0.717, 1.165) is 0 Å². The normalized spacial score (nSPS) is 12.2. The molecule has 1 aromatic heterocycles. The number of hydrogen-bond donors (Lipinski definition) is 2. The smallest absolute Gasteiger partial charge is 0.261 e. The van der Waals surface area contributed by atoms with Gasteiger partial charge in [-0.3, -0.25) is 9.52 Å². The first-order chi connectivity index (χ1) is 15.4. The topological polar surface area (TPSA) is 114 Å². The largest absolute Gasteiger partial charge is 0.341 e. The molecule has 0 saturated heterocycles. The van der Waals surface area contributed by atoms with Gasteiger partial charge in [0.2, 0.25) is 11.7 Å². The number of sulfonamides is 1. The molecule has 1 heterocycles. The highest BCUT2D eigenvalue weighted by Crippen LogP contribution is 2.22. The predicted octanol–water partition coefficient (Wildman–Crippen LogP) is 4.03. The highest BCUT2D eigenvalue weighted by Gasteiger charge is 2.18. The fourth-order valence-electron chi connectivity index (χ4n) is 2.96. The van der Waals surface area contributed by atoms with Crippen molar-refractivity contribution in [3.8, 4) is 11.4 Å². The Hall–Kier alpha value is -3.98. The average molecular weight is 449 g/mol. The van der Waals surface area contributed by atoms with Crippen LogP contribution >= 0.6 is 0 Å². The molecule has 0 aliphatic rings. The summed E-state index contributed by atoms with van der Waals surface area (Å²) in [6.07, 6.45) is 0. The SMILES string of the molecule is C[C@H](NC(=O)c1ccccc1)c1nc(-c2ccc(NS(=O)(=O)c3ccccc3)cc2)no1. The quantitative estimate of drug-likeness (QED) is 0.441. The van der Waals surface area contributed by atoms with Crippen LogP contribution in [0.2, 0.25) is 0 Å². The lowest BCUT2D eigenvalue weighted by Gasteiger charge is -2.09.